The first-order valence-corrected chi connectivity index (χ1v) is 13.0. The molecule has 0 radical (unpaired) electrons. The van der Waals surface area contributed by atoms with Gasteiger partial charge in [-0.2, -0.15) is 0 Å². The third kappa shape index (κ3) is 7.45. The lowest BCUT2D eigenvalue weighted by Gasteiger charge is -2.38. The first-order chi connectivity index (χ1) is 15.0. The zero-order chi connectivity index (χ0) is 22.2. The maximum Gasteiger partial charge on any atom is 0.0557 e. The van der Waals surface area contributed by atoms with E-state index >= 15 is 0 Å². The summed E-state index contributed by atoms with van der Waals surface area (Å²) in [6.45, 7) is 3.56. The molecule has 170 valence electrons. The normalized spacial score (nSPS) is 20.3. The Hall–Kier alpha value is -0.620. The highest BCUT2D eigenvalue weighted by Crippen LogP contribution is 2.38. The van der Waals surface area contributed by atoms with Crippen molar-refractivity contribution in [3.8, 4) is 0 Å². The van der Waals surface area contributed by atoms with Gasteiger partial charge in [0.05, 0.1) is 6.04 Å². The van der Waals surface area contributed by atoms with Crippen LogP contribution in [0.25, 0.3) is 0 Å². The second kappa shape index (κ2) is 12.6. The molecular formula is C24H32Cl3N3S. The standard InChI is InChI=1S/C17H16Cl3N.C7H16N2S/c18-12-4-7-14(8-5-12)21-10-2-1-3-17(21)15-9-6-13(19)11-16(15)20;1-8-10-7-3-5-9(2)6-4-7/h4-9,11,17H,1-3,10H2;7-8H,3-6H2,1-2H3. The molecule has 31 heavy (non-hydrogen) atoms. The van der Waals surface area contributed by atoms with Gasteiger partial charge in [0.2, 0.25) is 0 Å². The van der Waals surface area contributed by atoms with E-state index in [1.165, 1.54) is 44.5 Å². The molecule has 0 spiro atoms. The molecule has 2 fully saturated rings. The Morgan fingerprint density at radius 1 is 0.871 bits per heavy atom. The molecule has 1 unspecified atom stereocenters. The first-order valence-electron chi connectivity index (χ1n) is 11.0. The van der Waals surface area contributed by atoms with Gasteiger partial charge < -0.3 is 9.80 Å². The lowest BCUT2D eigenvalue weighted by molar-refractivity contribution is 0.282. The fraction of sp³-hybridized carbons (Fsp3) is 0.500. The van der Waals surface area contributed by atoms with E-state index in [1.807, 2.05) is 49.3 Å². The summed E-state index contributed by atoms with van der Waals surface area (Å²) in [7, 11) is 4.20. The maximum atomic E-state index is 6.41. The third-order valence-corrected chi connectivity index (χ3v) is 7.79. The van der Waals surface area contributed by atoms with Crippen LogP contribution in [-0.2, 0) is 0 Å². The molecule has 4 rings (SSSR count). The lowest BCUT2D eigenvalue weighted by Crippen LogP contribution is -2.33. The Kier molecular flexibility index (Phi) is 10.1. The highest BCUT2D eigenvalue weighted by molar-refractivity contribution is 7.98. The van der Waals surface area contributed by atoms with Crippen LogP contribution in [-0.4, -0.2) is 43.9 Å². The third-order valence-electron chi connectivity index (χ3n) is 5.93. The van der Waals surface area contributed by atoms with Crippen molar-refractivity contribution in [1.82, 2.24) is 9.62 Å². The van der Waals surface area contributed by atoms with Crippen LogP contribution in [0.2, 0.25) is 15.1 Å². The summed E-state index contributed by atoms with van der Waals surface area (Å²) in [5, 5.41) is 3.03. The highest BCUT2D eigenvalue weighted by atomic mass is 35.5. The van der Waals surface area contributed by atoms with Crippen LogP contribution in [0.1, 0.15) is 43.7 Å². The second-order valence-electron chi connectivity index (χ2n) is 8.17. The van der Waals surface area contributed by atoms with Gasteiger partial charge in [0.1, 0.15) is 0 Å². The topological polar surface area (TPSA) is 18.5 Å². The number of piperidine rings is 2. The van der Waals surface area contributed by atoms with E-state index in [-0.39, 0.29) is 0 Å². The zero-order valence-electron chi connectivity index (χ0n) is 18.3. The Labute approximate surface area is 206 Å². The average molecular weight is 501 g/mol. The minimum Gasteiger partial charge on any atom is -0.364 e. The molecule has 2 aromatic carbocycles. The summed E-state index contributed by atoms with van der Waals surface area (Å²) >= 11 is 20.3. The number of benzene rings is 2. The van der Waals surface area contributed by atoms with E-state index < -0.39 is 0 Å². The highest BCUT2D eigenvalue weighted by Gasteiger charge is 2.26. The number of likely N-dealkylation sites (tertiary alicyclic amines) is 1. The van der Waals surface area contributed by atoms with Crippen molar-refractivity contribution in [2.45, 2.75) is 43.4 Å². The van der Waals surface area contributed by atoms with Crippen LogP contribution in [0.5, 0.6) is 0 Å². The summed E-state index contributed by atoms with van der Waals surface area (Å²) < 4.78 is 3.15. The minimum absolute atomic E-state index is 0.296. The lowest BCUT2D eigenvalue weighted by atomic mass is 9.94. The van der Waals surface area contributed by atoms with Gasteiger partial charge >= 0.3 is 0 Å². The van der Waals surface area contributed by atoms with E-state index in [2.05, 4.69) is 33.7 Å². The number of anilines is 1. The number of hydrogen-bond donors (Lipinski definition) is 1. The molecule has 2 saturated heterocycles. The van der Waals surface area contributed by atoms with Gasteiger partial charge in [-0.1, -0.05) is 52.8 Å². The smallest absolute Gasteiger partial charge is 0.0557 e. The van der Waals surface area contributed by atoms with Crippen LogP contribution in [0, 0.1) is 0 Å². The summed E-state index contributed by atoms with van der Waals surface area (Å²) in [6.07, 6.45) is 6.19. The van der Waals surface area contributed by atoms with Gasteiger partial charge in [0.25, 0.3) is 0 Å². The largest absolute Gasteiger partial charge is 0.364 e. The Balaban J connectivity index is 0.000000229. The Morgan fingerprint density at radius 3 is 2.19 bits per heavy atom. The quantitative estimate of drug-likeness (QED) is 0.443. The van der Waals surface area contributed by atoms with E-state index in [0.29, 0.717) is 11.1 Å². The van der Waals surface area contributed by atoms with Crippen LogP contribution in [0.3, 0.4) is 0 Å². The van der Waals surface area contributed by atoms with Gasteiger partial charge in [-0.05, 0) is 101 Å². The maximum absolute atomic E-state index is 6.41. The number of hydrogen-bond acceptors (Lipinski definition) is 4. The van der Waals surface area contributed by atoms with Gasteiger partial charge in [-0.15, -0.1) is 0 Å². The van der Waals surface area contributed by atoms with Crippen LogP contribution in [0.15, 0.2) is 42.5 Å². The van der Waals surface area contributed by atoms with Crippen molar-refractivity contribution >= 4 is 52.4 Å². The fourth-order valence-electron chi connectivity index (χ4n) is 4.24. The number of rotatable bonds is 4. The fourth-order valence-corrected chi connectivity index (χ4v) is 5.68. The second-order valence-corrected chi connectivity index (χ2v) is 10.8. The summed E-state index contributed by atoms with van der Waals surface area (Å²) in [5.74, 6) is 0. The summed E-state index contributed by atoms with van der Waals surface area (Å²) in [4.78, 5) is 4.81. The predicted octanol–water partition coefficient (Wildman–Crippen LogP) is 7.33. The summed E-state index contributed by atoms with van der Waals surface area (Å²) in [6, 6.07) is 14.1. The van der Waals surface area contributed by atoms with Crippen molar-refractivity contribution in [3.05, 3.63) is 63.1 Å². The zero-order valence-corrected chi connectivity index (χ0v) is 21.4. The summed E-state index contributed by atoms with van der Waals surface area (Å²) in [5.41, 5.74) is 2.34. The Morgan fingerprint density at radius 2 is 1.55 bits per heavy atom. The van der Waals surface area contributed by atoms with Crippen LogP contribution >= 0.6 is 46.8 Å². The van der Waals surface area contributed by atoms with Gasteiger partial charge in [-0.25, -0.2) is 0 Å². The van der Waals surface area contributed by atoms with Crippen LogP contribution in [0.4, 0.5) is 5.69 Å². The van der Waals surface area contributed by atoms with Crippen molar-refractivity contribution in [3.63, 3.8) is 0 Å². The van der Waals surface area contributed by atoms with Crippen molar-refractivity contribution in [1.29, 1.82) is 0 Å². The molecule has 1 N–H and O–H groups in total. The number of halogens is 3. The van der Waals surface area contributed by atoms with E-state index in [4.69, 9.17) is 34.8 Å². The molecule has 0 amide bonds. The van der Waals surface area contributed by atoms with Crippen molar-refractivity contribution in [2.75, 3.05) is 38.6 Å². The molecule has 2 aliphatic heterocycles. The molecule has 1 atom stereocenters. The molecule has 0 aliphatic carbocycles. The number of nitrogens with one attached hydrogen (secondary N) is 1. The van der Waals surface area contributed by atoms with E-state index in [1.54, 1.807) is 0 Å². The SMILES string of the molecule is CNSC1CCN(C)CC1.Clc1ccc(N2CCCCC2c2ccc(Cl)cc2Cl)cc1. The van der Waals surface area contributed by atoms with E-state index in [0.717, 1.165) is 33.8 Å². The molecule has 2 heterocycles. The van der Waals surface area contributed by atoms with Gasteiger partial charge in [0.15, 0.2) is 0 Å². The Bertz CT molecular complexity index is 810. The van der Waals surface area contributed by atoms with Crippen molar-refractivity contribution in [2.24, 2.45) is 0 Å². The van der Waals surface area contributed by atoms with E-state index in [9.17, 15) is 0 Å². The first kappa shape index (κ1) is 25.0. The molecule has 3 nitrogen and oxygen atoms in total. The molecule has 0 bridgehead atoms. The molecule has 2 aliphatic rings. The van der Waals surface area contributed by atoms with Crippen molar-refractivity contribution < 1.29 is 0 Å². The molecule has 0 aromatic heterocycles. The van der Waals surface area contributed by atoms with Gasteiger partial charge in [-0.3, -0.25) is 4.72 Å². The van der Waals surface area contributed by atoms with Gasteiger partial charge in [0, 0.05) is 32.5 Å². The molecule has 7 heteroatoms. The number of nitrogens with zero attached hydrogens (tertiary/aromatic N) is 2. The minimum atomic E-state index is 0.296. The average Bonchev–Trinajstić information content (AvgIpc) is 2.77. The predicted molar refractivity (Wildman–Crippen MR) is 139 cm³/mol. The molecule has 0 saturated carbocycles. The molecular weight excluding hydrogens is 469 g/mol. The van der Waals surface area contributed by atoms with Crippen LogP contribution < -0.4 is 9.62 Å². The monoisotopic (exact) mass is 499 g/mol. The molecule has 2 aromatic rings.